The van der Waals surface area contributed by atoms with Gasteiger partial charge in [0, 0.05) is 7.05 Å². The SMILES string of the molecule is CN(Cc1ccco1)C(=O)[C@@H]1CCCCN1. The molecule has 1 atom stereocenters. The molecule has 0 bridgehead atoms. The zero-order chi connectivity index (χ0) is 11.4. The van der Waals surface area contributed by atoms with Gasteiger partial charge in [-0.15, -0.1) is 0 Å². The second-order valence-electron chi connectivity index (χ2n) is 4.28. The Morgan fingerprint density at radius 2 is 2.50 bits per heavy atom. The Morgan fingerprint density at radius 3 is 3.12 bits per heavy atom. The number of nitrogens with one attached hydrogen (secondary N) is 1. The lowest BCUT2D eigenvalue weighted by molar-refractivity contribution is -0.133. The molecule has 88 valence electrons. The van der Waals surface area contributed by atoms with Crippen LogP contribution in [0, 0.1) is 0 Å². The molecule has 4 heteroatoms. The Morgan fingerprint density at radius 1 is 1.62 bits per heavy atom. The van der Waals surface area contributed by atoms with Crippen molar-refractivity contribution < 1.29 is 9.21 Å². The highest BCUT2D eigenvalue weighted by Crippen LogP contribution is 2.11. The molecular weight excluding hydrogens is 204 g/mol. The quantitative estimate of drug-likeness (QED) is 0.840. The third-order valence-electron chi connectivity index (χ3n) is 2.96. The number of carbonyl (C=O) groups excluding carboxylic acids is 1. The molecule has 0 unspecified atom stereocenters. The predicted octanol–water partition coefficient (Wildman–Crippen LogP) is 1.38. The van der Waals surface area contributed by atoms with Gasteiger partial charge in [-0.2, -0.15) is 0 Å². The lowest BCUT2D eigenvalue weighted by Gasteiger charge is -2.26. The number of hydrogen-bond donors (Lipinski definition) is 1. The van der Waals surface area contributed by atoms with Crippen LogP contribution in [0.25, 0.3) is 0 Å². The summed E-state index contributed by atoms with van der Waals surface area (Å²) in [4.78, 5) is 13.8. The molecule has 4 nitrogen and oxygen atoms in total. The van der Waals surface area contributed by atoms with Crippen LogP contribution in [0.5, 0.6) is 0 Å². The first-order valence-corrected chi connectivity index (χ1v) is 5.78. The van der Waals surface area contributed by atoms with Gasteiger partial charge in [0.2, 0.25) is 5.91 Å². The minimum atomic E-state index is -0.00582. The average Bonchev–Trinajstić information content (AvgIpc) is 2.82. The number of rotatable bonds is 3. The number of furan rings is 1. The summed E-state index contributed by atoms with van der Waals surface area (Å²) in [6.45, 7) is 1.50. The van der Waals surface area contributed by atoms with Gasteiger partial charge in [0.25, 0.3) is 0 Å². The van der Waals surface area contributed by atoms with Crippen molar-refractivity contribution in [3.05, 3.63) is 24.2 Å². The van der Waals surface area contributed by atoms with Crippen LogP contribution in [0.1, 0.15) is 25.0 Å². The van der Waals surface area contributed by atoms with Crippen molar-refractivity contribution in [1.82, 2.24) is 10.2 Å². The Bertz CT molecular complexity index is 329. The molecule has 1 aromatic heterocycles. The summed E-state index contributed by atoms with van der Waals surface area (Å²) in [6, 6.07) is 3.72. The third kappa shape index (κ3) is 2.64. The lowest BCUT2D eigenvalue weighted by atomic mass is 10.0. The molecule has 2 heterocycles. The summed E-state index contributed by atoms with van der Waals surface area (Å²) in [5.74, 6) is 0.989. The van der Waals surface area contributed by atoms with Crippen molar-refractivity contribution in [3.8, 4) is 0 Å². The minimum absolute atomic E-state index is 0.00582. The standard InChI is InChI=1S/C12H18N2O2/c1-14(9-10-5-4-8-16-10)12(15)11-6-2-3-7-13-11/h4-5,8,11,13H,2-3,6-7,9H2,1H3/t11-/m0/s1. The molecule has 2 rings (SSSR count). The van der Waals surface area contributed by atoms with Gasteiger partial charge >= 0.3 is 0 Å². The van der Waals surface area contributed by atoms with E-state index in [-0.39, 0.29) is 11.9 Å². The maximum absolute atomic E-state index is 12.0. The number of carbonyl (C=O) groups is 1. The first kappa shape index (κ1) is 11.2. The lowest BCUT2D eigenvalue weighted by Crippen LogP contribution is -2.46. The number of likely N-dealkylation sites (N-methyl/N-ethyl adjacent to an activating group) is 1. The molecule has 1 amide bonds. The Kier molecular flexibility index (Phi) is 3.62. The third-order valence-corrected chi connectivity index (χ3v) is 2.96. The highest BCUT2D eigenvalue weighted by Gasteiger charge is 2.23. The van der Waals surface area contributed by atoms with E-state index in [1.54, 1.807) is 11.2 Å². The van der Waals surface area contributed by atoms with E-state index < -0.39 is 0 Å². The van der Waals surface area contributed by atoms with E-state index in [9.17, 15) is 4.79 Å². The van der Waals surface area contributed by atoms with Gasteiger partial charge in [0.05, 0.1) is 18.8 Å². The van der Waals surface area contributed by atoms with Gasteiger partial charge in [-0.25, -0.2) is 0 Å². The largest absolute Gasteiger partial charge is 0.467 e. The maximum atomic E-state index is 12.0. The topological polar surface area (TPSA) is 45.5 Å². The van der Waals surface area contributed by atoms with Crippen molar-refractivity contribution in [1.29, 1.82) is 0 Å². The number of piperidine rings is 1. The smallest absolute Gasteiger partial charge is 0.239 e. The van der Waals surface area contributed by atoms with Crippen molar-refractivity contribution in [2.75, 3.05) is 13.6 Å². The predicted molar refractivity (Wildman–Crippen MR) is 60.8 cm³/mol. The Labute approximate surface area is 95.6 Å². The van der Waals surface area contributed by atoms with Crippen LogP contribution < -0.4 is 5.32 Å². The number of nitrogens with zero attached hydrogens (tertiary/aromatic N) is 1. The normalized spacial score (nSPS) is 20.7. The zero-order valence-electron chi connectivity index (χ0n) is 9.61. The fraction of sp³-hybridized carbons (Fsp3) is 0.583. The van der Waals surface area contributed by atoms with Crippen molar-refractivity contribution in [2.24, 2.45) is 0 Å². The van der Waals surface area contributed by atoms with E-state index in [4.69, 9.17) is 4.42 Å². The Balaban J connectivity index is 1.88. The molecule has 0 radical (unpaired) electrons. The summed E-state index contributed by atoms with van der Waals surface area (Å²) >= 11 is 0. The minimum Gasteiger partial charge on any atom is -0.467 e. The highest BCUT2D eigenvalue weighted by atomic mass is 16.3. The number of hydrogen-bond acceptors (Lipinski definition) is 3. The molecular formula is C12H18N2O2. The molecule has 0 spiro atoms. The Hall–Kier alpha value is -1.29. The first-order valence-electron chi connectivity index (χ1n) is 5.78. The summed E-state index contributed by atoms with van der Waals surface area (Å²) in [7, 11) is 1.82. The van der Waals surface area contributed by atoms with Crippen LogP contribution >= 0.6 is 0 Å². The maximum Gasteiger partial charge on any atom is 0.239 e. The van der Waals surface area contributed by atoms with E-state index in [1.165, 1.54) is 6.42 Å². The molecule has 1 aliphatic heterocycles. The second-order valence-corrected chi connectivity index (χ2v) is 4.28. The van der Waals surface area contributed by atoms with Gasteiger partial charge in [0.1, 0.15) is 5.76 Å². The van der Waals surface area contributed by atoms with E-state index in [0.29, 0.717) is 6.54 Å². The van der Waals surface area contributed by atoms with Gasteiger partial charge in [-0.3, -0.25) is 4.79 Å². The second kappa shape index (κ2) is 5.16. The molecule has 0 saturated carbocycles. The molecule has 1 saturated heterocycles. The van der Waals surface area contributed by atoms with Crippen molar-refractivity contribution in [2.45, 2.75) is 31.8 Å². The van der Waals surface area contributed by atoms with Gasteiger partial charge in [-0.05, 0) is 31.5 Å². The van der Waals surface area contributed by atoms with Crippen LogP contribution in [0.3, 0.4) is 0 Å². The molecule has 1 aliphatic rings. The first-order chi connectivity index (χ1) is 7.77. The van der Waals surface area contributed by atoms with Crippen molar-refractivity contribution in [3.63, 3.8) is 0 Å². The van der Waals surface area contributed by atoms with E-state index in [1.807, 2.05) is 19.2 Å². The highest BCUT2D eigenvalue weighted by molar-refractivity contribution is 5.81. The van der Waals surface area contributed by atoms with Gasteiger partial charge < -0.3 is 14.6 Å². The van der Waals surface area contributed by atoms with Crippen LogP contribution in [0.4, 0.5) is 0 Å². The van der Waals surface area contributed by atoms with E-state index in [0.717, 1.165) is 25.1 Å². The summed E-state index contributed by atoms with van der Waals surface area (Å²) < 4.78 is 5.23. The molecule has 0 aromatic carbocycles. The fourth-order valence-corrected chi connectivity index (χ4v) is 2.04. The fourth-order valence-electron chi connectivity index (χ4n) is 2.04. The van der Waals surface area contributed by atoms with Crippen LogP contribution in [0.2, 0.25) is 0 Å². The van der Waals surface area contributed by atoms with E-state index in [2.05, 4.69) is 5.32 Å². The summed E-state index contributed by atoms with van der Waals surface area (Å²) in [6.07, 6.45) is 4.89. The molecule has 1 N–H and O–H groups in total. The molecule has 16 heavy (non-hydrogen) atoms. The summed E-state index contributed by atoms with van der Waals surface area (Å²) in [5.41, 5.74) is 0. The van der Waals surface area contributed by atoms with Crippen molar-refractivity contribution >= 4 is 5.91 Å². The monoisotopic (exact) mass is 222 g/mol. The van der Waals surface area contributed by atoms with Gasteiger partial charge in [0.15, 0.2) is 0 Å². The molecule has 1 fully saturated rings. The zero-order valence-corrected chi connectivity index (χ0v) is 9.61. The van der Waals surface area contributed by atoms with Crippen LogP contribution in [-0.4, -0.2) is 30.4 Å². The van der Waals surface area contributed by atoms with Crippen LogP contribution in [0.15, 0.2) is 22.8 Å². The number of amides is 1. The van der Waals surface area contributed by atoms with Crippen LogP contribution in [-0.2, 0) is 11.3 Å². The molecule has 0 aliphatic carbocycles. The average molecular weight is 222 g/mol. The molecule has 1 aromatic rings. The van der Waals surface area contributed by atoms with E-state index >= 15 is 0 Å². The van der Waals surface area contributed by atoms with Gasteiger partial charge in [-0.1, -0.05) is 6.42 Å². The summed E-state index contributed by atoms with van der Waals surface area (Å²) in [5, 5.41) is 3.26.